The smallest absolute Gasteiger partial charge is 0.427 e. The zero-order valence-electron chi connectivity index (χ0n) is 54.6. The lowest BCUT2D eigenvalue weighted by molar-refractivity contribution is 0.206. The van der Waals surface area contributed by atoms with E-state index in [1.807, 2.05) is 75.1 Å². The lowest BCUT2D eigenvalue weighted by Gasteiger charge is -2.20. The minimum Gasteiger partial charge on any atom is -0.427 e. The van der Waals surface area contributed by atoms with Crippen molar-refractivity contribution in [3.63, 3.8) is 0 Å². The van der Waals surface area contributed by atoms with Crippen LogP contribution in [-0.4, -0.2) is 144 Å². The molecule has 0 fully saturated rings. The molecule has 0 spiro atoms. The van der Waals surface area contributed by atoms with E-state index in [4.69, 9.17) is 64.6 Å². The zero-order chi connectivity index (χ0) is 68.1. The van der Waals surface area contributed by atoms with Crippen molar-refractivity contribution >= 4 is 142 Å². The topological polar surface area (TPSA) is 264 Å². The number of aromatic nitrogens is 4. The predicted molar refractivity (Wildman–Crippen MR) is 383 cm³/mol. The van der Waals surface area contributed by atoms with Gasteiger partial charge >= 0.3 is 27.9 Å². The highest BCUT2D eigenvalue weighted by molar-refractivity contribution is 6.68. The van der Waals surface area contributed by atoms with Crippen molar-refractivity contribution in [2.24, 2.45) is 0 Å². The van der Waals surface area contributed by atoms with Gasteiger partial charge in [-0.25, -0.2) is 39.3 Å². The highest BCUT2D eigenvalue weighted by Crippen LogP contribution is 2.33. The van der Waals surface area contributed by atoms with Crippen LogP contribution in [0.1, 0.15) is 22.3 Å². The Morgan fingerprint density at radius 3 is 1.19 bits per heavy atom. The normalized spacial score (nSPS) is 12.6. The molecule has 4 aliphatic rings. The van der Waals surface area contributed by atoms with Crippen LogP contribution < -0.4 is 63.6 Å². The molecular weight excluding hydrogens is 1220 g/mol. The number of aliphatic hydroxyl groups excluding tert-OH is 2. The fourth-order valence-corrected chi connectivity index (χ4v) is 10.7. The molecule has 12 rings (SSSR count). The summed E-state index contributed by atoms with van der Waals surface area (Å²) in [6.45, 7) is 41.0. The number of ether oxygens (including phenoxy) is 2. The van der Waals surface area contributed by atoms with Gasteiger partial charge in [-0.2, -0.15) is 0 Å². The minimum absolute atomic E-state index is 0.0102. The van der Waals surface area contributed by atoms with Gasteiger partial charge in [-0.1, -0.05) is 44.7 Å². The number of benzene rings is 4. The van der Waals surface area contributed by atoms with Gasteiger partial charge in [0.1, 0.15) is 46.5 Å². The molecule has 0 saturated carbocycles. The zero-order valence-corrected chi connectivity index (χ0v) is 54.6. The molecule has 25 nitrogen and oxygen atoms in total. The summed E-state index contributed by atoms with van der Waals surface area (Å²) in [5.74, 6) is 4.83. The fourth-order valence-electron chi connectivity index (χ4n) is 10.7. The van der Waals surface area contributed by atoms with Gasteiger partial charge in [0, 0.05) is 77.2 Å². The first-order valence-corrected chi connectivity index (χ1v) is 31.0. The Hall–Kier alpha value is -10.3. The van der Waals surface area contributed by atoms with Crippen LogP contribution in [0.4, 0.5) is 92.0 Å². The third-order valence-electron chi connectivity index (χ3n) is 15.8. The molecule has 0 amide bonds. The van der Waals surface area contributed by atoms with Gasteiger partial charge in [-0.3, -0.25) is 0 Å². The average molecular weight is 1290 g/mol. The van der Waals surface area contributed by atoms with Gasteiger partial charge < -0.3 is 85.0 Å². The van der Waals surface area contributed by atoms with Crippen LogP contribution >= 0.6 is 0 Å². The SMILES string of the molecule is [C-]#[N+]c1ccc(Nc2ccc3c(c2)COB3C)nc1N(C)CCO.[C-]#[N+]c1ccc(Nc2ccc3c(c2)COB3C)nc1N(C)CCOC.[C-]#[N+]c1ccc(Nc2ccc3c(c2)COB3C)nc1NCCO.[C-]#[N+]c1ccc(Nc2ccc3c(c2)COB3O)nc1NCCOC. The van der Waals surface area contributed by atoms with Crippen LogP contribution in [0.25, 0.3) is 19.4 Å². The third-order valence-corrected chi connectivity index (χ3v) is 15.8. The van der Waals surface area contributed by atoms with Crippen molar-refractivity contribution in [2.75, 3.05) is 123 Å². The number of aliphatic hydroxyl groups is 2. The monoisotopic (exact) mass is 1290 g/mol. The number of nitrogens with one attached hydrogen (secondary N) is 6. The van der Waals surface area contributed by atoms with Crippen LogP contribution in [0, 0.1) is 26.3 Å². The molecule has 4 aromatic carbocycles. The highest BCUT2D eigenvalue weighted by Gasteiger charge is 2.28. The van der Waals surface area contributed by atoms with Crippen molar-refractivity contribution in [3.8, 4) is 0 Å². The first-order chi connectivity index (χ1) is 46.6. The Bertz CT molecular complexity index is 4190. The summed E-state index contributed by atoms with van der Waals surface area (Å²) in [5, 5.41) is 46.8. The molecule has 29 heteroatoms. The summed E-state index contributed by atoms with van der Waals surface area (Å²) in [6.07, 6.45) is 0. The standard InChI is InChI=1S/C18H21BN4O2.C17H19BN4O2.C16H17BN4O3.C16H17BN4O2/c1-19-15-6-5-14(11-13(15)12-25-19)21-17-8-7-16(20-2)18(22-17)23(3)9-10-24-4;1-18-14-5-4-13(10-12(14)11-24-18)20-16-7-6-15(19-2)17(21-16)22(3)8-9-23;1-18-14-5-6-15(21-16(14)19-7-8-23-2)20-12-3-4-13-11(9-12)10-24-17(13)22;1-17-13-4-3-12(9-11(13)10-23-17)20-15-6-5-14(18-2)16(21-15)19-7-8-22/h5-8,11H,9-10,12H2,1,3-4H3,(H,21,22);4-7,10,23H,8-9,11H2,1,3H3,(H,20,21);3-6,9,22H,7-8,10H2,2H3,(H2,19,20,21);3-6,9,22H,7-8,10H2,1H3,(H2,19,20,21). The van der Waals surface area contributed by atoms with E-state index >= 15 is 0 Å². The van der Waals surface area contributed by atoms with E-state index in [-0.39, 0.29) is 34.0 Å². The maximum atomic E-state index is 9.66. The van der Waals surface area contributed by atoms with Crippen molar-refractivity contribution in [1.82, 2.24) is 19.9 Å². The van der Waals surface area contributed by atoms with E-state index in [1.54, 1.807) is 61.6 Å². The maximum Gasteiger partial charge on any atom is 0.491 e. The van der Waals surface area contributed by atoms with Gasteiger partial charge in [0.05, 0.1) is 79.1 Å². The van der Waals surface area contributed by atoms with Crippen LogP contribution in [0.15, 0.2) is 121 Å². The first-order valence-electron chi connectivity index (χ1n) is 31.0. The predicted octanol–water partition coefficient (Wildman–Crippen LogP) is 8.77. The van der Waals surface area contributed by atoms with Crippen molar-refractivity contribution in [1.29, 1.82) is 0 Å². The van der Waals surface area contributed by atoms with E-state index in [1.165, 1.54) is 33.1 Å². The molecule has 8 aromatic rings. The molecule has 96 heavy (non-hydrogen) atoms. The van der Waals surface area contributed by atoms with Crippen LogP contribution in [0.5, 0.6) is 0 Å². The summed E-state index contributed by atoms with van der Waals surface area (Å²) in [4.78, 5) is 35.7. The molecule has 8 heterocycles. The lowest BCUT2D eigenvalue weighted by Crippen LogP contribution is -2.27. The molecule has 0 saturated heterocycles. The van der Waals surface area contributed by atoms with Crippen LogP contribution in [0.2, 0.25) is 20.5 Å². The summed E-state index contributed by atoms with van der Waals surface area (Å²) in [7, 11) is 6.16. The molecule has 0 radical (unpaired) electrons. The van der Waals surface area contributed by atoms with E-state index < -0.39 is 7.12 Å². The van der Waals surface area contributed by atoms with Crippen LogP contribution in [0.3, 0.4) is 0 Å². The van der Waals surface area contributed by atoms with Gasteiger partial charge in [0.25, 0.3) is 0 Å². The Labute approximate surface area is 561 Å². The molecule has 0 bridgehead atoms. The molecule has 0 unspecified atom stereocenters. The van der Waals surface area contributed by atoms with Gasteiger partial charge in [-0.15, -0.1) is 0 Å². The third kappa shape index (κ3) is 18.1. The van der Waals surface area contributed by atoms with E-state index in [0.717, 1.165) is 33.8 Å². The quantitative estimate of drug-likeness (QED) is 0.0174. The molecular formula is C67H74B4N16O9. The number of anilines is 12. The van der Waals surface area contributed by atoms with Crippen LogP contribution in [-0.2, 0) is 54.5 Å². The van der Waals surface area contributed by atoms with E-state index in [2.05, 4.69) is 114 Å². The second-order valence-electron chi connectivity index (χ2n) is 22.5. The van der Waals surface area contributed by atoms with Gasteiger partial charge in [0.15, 0.2) is 0 Å². The summed E-state index contributed by atoms with van der Waals surface area (Å²) < 4.78 is 32.2. The number of hydrogen-bond acceptors (Lipinski definition) is 21. The Morgan fingerprint density at radius 1 is 0.448 bits per heavy atom. The molecule has 0 aliphatic carbocycles. The maximum absolute atomic E-state index is 9.66. The van der Waals surface area contributed by atoms with Gasteiger partial charge in [-0.05, 0) is 141 Å². The number of fused-ring (bicyclic) bond motifs is 4. The highest BCUT2D eigenvalue weighted by atomic mass is 16.5. The summed E-state index contributed by atoms with van der Waals surface area (Å²) in [6, 6.07) is 38.2. The second kappa shape index (κ2) is 34.2. The lowest BCUT2D eigenvalue weighted by atomic mass is 9.64. The number of likely N-dealkylation sites (N-methyl/N-ethyl adjacent to an activating group) is 2. The molecule has 4 aromatic heterocycles. The molecule has 0 atom stereocenters. The Balaban J connectivity index is 0.000000150. The number of hydrogen-bond donors (Lipinski definition) is 9. The molecule has 9 N–H and O–H groups in total. The number of methoxy groups -OCH3 is 2. The second-order valence-corrected chi connectivity index (χ2v) is 22.5. The minimum atomic E-state index is -0.846. The number of rotatable bonds is 22. The largest absolute Gasteiger partial charge is 0.491 e. The Morgan fingerprint density at radius 2 is 0.802 bits per heavy atom. The summed E-state index contributed by atoms with van der Waals surface area (Å²) >= 11 is 0. The van der Waals surface area contributed by atoms with E-state index in [9.17, 15) is 5.02 Å². The van der Waals surface area contributed by atoms with Crippen molar-refractivity contribution in [2.45, 2.75) is 46.9 Å². The molecule has 4 aliphatic heterocycles. The van der Waals surface area contributed by atoms with E-state index in [0.29, 0.717) is 135 Å². The molecule has 488 valence electrons. The Kier molecular flexibility index (Phi) is 25.0. The number of pyridine rings is 4. The first kappa shape index (κ1) is 70.1. The summed E-state index contributed by atoms with van der Waals surface area (Å²) in [5.41, 5.74) is 14.5. The van der Waals surface area contributed by atoms with Crippen molar-refractivity contribution in [3.05, 3.63) is 189 Å². The average Bonchev–Trinajstić information content (AvgIpc) is 1.50. The number of nitrogens with zero attached hydrogens (tertiary/aromatic N) is 10. The fraction of sp³-hybridized carbons (Fsp3) is 0.284. The van der Waals surface area contributed by atoms with Crippen molar-refractivity contribution < 1.29 is 43.3 Å². The van der Waals surface area contributed by atoms with Gasteiger partial charge in [0.2, 0.25) is 22.7 Å².